The zero-order chi connectivity index (χ0) is 21.8. The number of rotatable bonds is 3. The van der Waals surface area contributed by atoms with Gasteiger partial charge in [0, 0.05) is 25.2 Å². The number of fused-ring (bicyclic) bond motifs is 2. The van der Waals surface area contributed by atoms with Crippen molar-refractivity contribution in [2.75, 3.05) is 18.0 Å². The molecule has 0 aliphatic carbocycles. The van der Waals surface area contributed by atoms with E-state index in [1.807, 2.05) is 28.6 Å². The van der Waals surface area contributed by atoms with E-state index in [2.05, 4.69) is 15.4 Å². The van der Waals surface area contributed by atoms with Crippen molar-refractivity contribution in [1.82, 2.24) is 25.0 Å². The Morgan fingerprint density at radius 2 is 1.94 bits per heavy atom. The normalized spacial score (nSPS) is 18.0. The second-order valence-electron chi connectivity index (χ2n) is 8.40. The molecule has 5 rings (SSSR count). The van der Waals surface area contributed by atoms with Crippen molar-refractivity contribution in [2.45, 2.75) is 52.1 Å². The third-order valence-corrected chi connectivity index (χ3v) is 6.36. The number of carbonyl (C=O) groups excluding carboxylic acids is 2. The van der Waals surface area contributed by atoms with Crippen LogP contribution < -0.4 is 4.90 Å². The summed E-state index contributed by atoms with van der Waals surface area (Å²) in [6.45, 7) is 6.77. The maximum absolute atomic E-state index is 13.2. The van der Waals surface area contributed by atoms with Crippen LogP contribution in [0.25, 0.3) is 0 Å². The SMILES string of the molecule is Cc1cc(CN2C(=O)CC3(CCN(C(=O)c4c(C)noc4C)CC3)n3nccc32)no1. The number of likely N-dealkylation sites (tertiary alicyclic amines) is 1. The van der Waals surface area contributed by atoms with Gasteiger partial charge in [-0.2, -0.15) is 5.10 Å². The molecule has 3 aromatic heterocycles. The molecule has 2 aliphatic rings. The second-order valence-corrected chi connectivity index (χ2v) is 8.40. The van der Waals surface area contributed by atoms with E-state index in [-0.39, 0.29) is 11.8 Å². The van der Waals surface area contributed by atoms with Gasteiger partial charge in [0.2, 0.25) is 5.91 Å². The van der Waals surface area contributed by atoms with Crippen LogP contribution in [0.15, 0.2) is 27.4 Å². The molecule has 0 aromatic carbocycles. The zero-order valence-electron chi connectivity index (χ0n) is 17.8. The minimum absolute atomic E-state index is 0.0270. The third kappa shape index (κ3) is 3.13. The fraction of sp³-hybridized carbons (Fsp3) is 0.476. The number of amides is 2. The Morgan fingerprint density at radius 1 is 1.16 bits per heavy atom. The van der Waals surface area contributed by atoms with Gasteiger partial charge in [-0.3, -0.25) is 14.5 Å². The van der Waals surface area contributed by atoms with Gasteiger partial charge in [0.25, 0.3) is 5.91 Å². The number of aromatic nitrogens is 4. The number of anilines is 1. The molecule has 0 unspecified atom stereocenters. The molecule has 10 nitrogen and oxygen atoms in total. The van der Waals surface area contributed by atoms with E-state index in [4.69, 9.17) is 9.05 Å². The van der Waals surface area contributed by atoms with E-state index >= 15 is 0 Å². The molecular weight excluding hydrogens is 400 g/mol. The summed E-state index contributed by atoms with van der Waals surface area (Å²) in [5, 5.41) is 12.5. The molecule has 0 atom stereocenters. The summed E-state index contributed by atoms with van der Waals surface area (Å²) in [6.07, 6.45) is 3.36. The Hall–Kier alpha value is -3.43. The standard InChI is InChI=1S/C21H24N6O4/c1-13-10-16(24-30-13)12-26-17-4-7-22-27(17)21(11-18(26)28)5-8-25(9-6-21)20(29)19-14(2)23-31-15(19)3/h4,7,10H,5-6,8-9,11-12H2,1-3H3. The molecule has 0 N–H and O–H groups in total. The second kappa shape index (κ2) is 7.07. The smallest absolute Gasteiger partial charge is 0.259 e. The first-order valence-corrected chi connectivity index (χ1v) is 10.4. The van der Waals surface area contributed by atoms with Crippen molar-refractivity contribution >= 4 is 17.6 Å². The van der Waals surface area contributed by atoms with Gasteiger partial charge < -0.3 is 13.9 Å². The van der Waals surface area contributed by atoms with Crippen LogP contribution in [-0.4, -0.2) is 49.9 Å². The van der Waals surface area contributed by atoms with Crippen molar-refractivity contribution in [2.24, 2.45) is 0 Å². The van der Waals surface area contributed by atoms with E-state index in [9.17, 15) is 9.59 Å². The van der Waals surface area contributed by atoms with Crippen LogP contribution in [0.3, 0.4) is 0 Å². The van der Waals surface area contributed by atoms with Gasteiger partial charge in [-0.15, -0.1) is 0 Å². The maximum atomic E-state index is 13.2. The lowest BCUT2D eigenvalue weighted by molar-refractivity contribution is -0.123. The lowest BCUT2D eigenvalue weighted by Gasteiger charge is -2.46. The number of piperidine rings is 1. The molecule has 0 bridgehead atoms. The van der Waals surface area contributed by atoms with Crippen LogP contribution in [0, 0.1) is 20.8 Å². The van der Waals surface area contributed by atoms with E-state index in [1.165, 1.54) is 0 Å². The first-order valence-electron chi connectivity index (χ1n) is 10.4. The van der Waals surface area contributed by atoms with E-state index in [0.717, 1.165) is 5.82 Å². The molecule has 0 radical (unpaired) electrons. The van der Waals surface area contributed by atoms with Crippen LogP contribution in [0.1, 0.15) is 52.5 Å². The van der Waals surface area contributed by atoms with Crippen LogP contribution in [0.5, 0.6) is 0 Å². The van der Waals surface area contributed by atoms with Crippen LogP contribution in [0.4, 0.5) is 5.82 Å². The number of carbonyl (C=O) groups is 2. The van der Waals surface area contributed by atoms with Gasteiger partial charge in [0.1, 0.15) is 28.6 Å². The molecule has 1 saturated heterocycles. The summed E-state index contributed by atoms with van der Waals surface area (Å²) in [6, 6.07) is 3.68. The minimum Gasteiger partial charge on any atom is -0.361 e. The Kier molecular flexibility index (Phi) is 4.45. The predicted octanol–water partition coefficient (Wildman–Crippen LogP) is 2.35. The molecular formula is C21H24N6O4. The van der Waals surface area contributed by atoms with Gasteiger partial charge >= 0.3 is 0 Å². The first-order chi connectivity index (χ1) is 14.9. The number of nitrogens with zero attached hydrogens (tertiary/aromatic N) is 6. The molecule has 3 aromatic rings. The monoisotopic (exact) mass is 424 g/mol. The van der Waals surface area contributed by atoms with Crippen molar-refractivity contribution in [3.63, 3.8) is 0 Å². The Balaban J connectivity index is 1.37. The van der Waals surface area contributed by atoms with Crippen LogP contribution >= 0.6 is 0 Å². The first kappa shape index (κ1) is 19.5. The highest BCUT2D eigenvalue weighted by atomic mass is 16.5. The van der Waals surface area contributed by atoms with Gasteiger partial charge in [-0.25, -0.2) is 4.68 Å². The molecule has 31 heavy (non-hydrogen) atoms. The molecule has 1 spiro atoms. The van der Waals surface area contributed by atoms with Gasteiger partial charge in [-0.1, -0.05) is 10.3 Å². The highest BCUT2D eigenvalue weighted by molar-refractivity contribution is 5.96. The fourth-order valence-electron chi connectivity index (χ4n) is 4.73. The number of hydrogen-bond acceptors (Lipinski definition) is 7. The van der Waals surface area contributed by atoms with Gasteiger partial charge in [0.05, 0.1) is 30.4 Å². The topological polar surface area (TPSA) is 111 Å². The minimum atomic E-state index is -0.429. The van der Waals surface area contributed by atoms with E-state index in [1.54, 1.807) is 24.9 Å². The summed E-state index contributed by atoms with van der Waals surface area (Å²) in [5.41, 5.74) is 1.41. The molecule has 1 fully saturated rings. The Morgan fingerprint density at radius 3 is 2.58 bits per heavy atom. The fourth-order valence-corrected chi connectivity index (χ4v) is 4.73. The average Bonchev–Trinajstić information content (AvgIpc) is 3.46. The van der Waals surface area contributed by atoms with Crippen molar-refractivity contribution in [1.29, 1.82) is 0 Å². The summed E-state index contributed by atoms with van der Waals surface area (Å²) >= 11 is 0. The summed E-state index contributed by atoms with van der Waals surface area (Å²) in [7, 11) is 0. The van der Waals surface area contributed by atoms with Crippen molar-refractivity contribution in [3.05, 3.63) is 46.8 Å². The zero-order valence-corrected chi connectivity index (χ0v) is 17.8. The summed E-state index contributed by atoms with van der Waals surface area (Å²) in [5.74, 6) is 1.95. The van der Waals surface area contributed by atoms with Crippen LogP contribution in [0.2, 0.25) is 0 Å². The summed E-state index contributed by atoms with van der Waals surface area (Å²) in [4.78, 5) is 29.7. The van der Waals surface area contributed by atoms with Crippen molar-refractivity contribution < 1.29 is 18.6 Å². The highest BCUT2D eigenvalue weighted by Crippen LogP contribution is 2.41. The van der Waals surface area contributed by atoms with E-state index in [0.29, 0.717) is 67.4 Å². The molecule has 0 saturated carbocycles. The number of aryl methyl sites for hydroxylation is 3. The molecule has 162 valence electrons. The quantitative estimate of drug-likeness (QED) is 0.635. The lowest BCUT2D eigenvalue weighted by Crippen LogP contribution is -2.54. The van der Waals surface area contributed by atoms with Gasteiger partial charge in [-0.05, 0) is 33.6 Å². The molecule has 5 heterocycles. The summed E-state index contributed by atoms with van der Waals surface area (Å²) < 4.78 is 12.3. The Bertz CT molecular complexity index is 1130. The number of hydrogen-bond donors (Lipinski definition) is 0. The van der Waals surface area contributed by atoms with E-state index < -0.39 is 5.54 Å². The largest absolute Gasteiger partial charge is 0.361 e. The third-order valence-electron chi connectivity index (χ3n) is 6.36. The lowest BCUT2D eigenvalue weighted by atomic mass is 9.82. The maximum Gasteiger partial charge on any atom is 0.259 e. The molecule has 2 amide bonds. The van der Waals surface area contributed by atoms with Gasteiger partial charge in [0.15, 0.2) is 0 Å². The van der Waals surface area contributed by atoms with Crippen LogP contribution in [-0.2, 0) is 16.9 Å². The average molecular weight is 424 g/mol. The highest BCUT2D eigenvalue weighted by Gasteiger charge is 2.46. The molecule has 2 aliphatic heterocycles. The Labute approximate surface area is 178 Å². The molecule has 10 heteroatoms. The predicted molar refractivity (Wildman–Crippen MR) is 108 cm³/mol. The van der Waals surface area contributed by atoms with Crippen molar-refractivity contribution in [3.8, 4) is 0 Å².